The summed E-state index contributed by atoms with van der Waals surface area (Å²) in [6.07, 6.45) is 70.7. The first kappa shape index (κ1) is 61.3. The first-order valence-electron chi connectivity index (χ1n) is 27.5. The molecule has 0 fully saturated rings. The minimum absolute atomic E-state index is 0.0678. The molecular weight excluding hydrogens is 789 g/mol. The summed E-state index contributed by atoms with van der Waals surface area (Å²) in [4.78, 5) is 25.4. The number of unbranched alkanes of at least 4 members (excludes halogenated alkanes) is 27. The van der Waals surface area contributed by atoms with E-state index in [-0.39, 0.29) is 25.2 Å². The highest BCUT2D eigenvalue weighted by molar-refractivity contribution is 5.70. The van der Waals surface area contributed by atoms with Crippen LogP contribution >= 0.6 is 0 Å². The first-order chi connectivity index (χ1) is 31.6. The quantitative estimate of drug-likeness (QED) is 0.0346. The number of esters is 2. The Bertz CT molecular complexity index is 1150. The molecule has 0 aliphatic carbocycles. The average Bonchev–Trinajstić information content (AvgIpc) is 3.30. The summed E-state index contributed by atoms with van der Waals surface area (Å²) in [5.41, 5.74) is 0. The fraction of sp³-hybridized carbons (Fsp3) is 0.763. The summed E-state index contributed by atoms with van der Waals surface area (Å²) < 4.78 is 17.4. The zero-order valence-corrected chi connectivity index (χ0v) is 42.5. The van der Waals surface area contributed by atoms with Crippen LogP contribution in [0.4, 0.5) is 0 Å². The second kappa shape index (κ2) is 54.7. The van der Waals surface area contributed by atoms with E-state index in [4.69, 9.17) is 14.2 Å². The van der Waals surface area contributed by atoms with E-state index in [9.17, 15) is 9.59 Å². The van der Waals surface area contributed by atoms with Crippen molar-refractivity contribution in [3.05, 3.63) is 72.9 Å². The van der Waals surface area contributed by atoms with Crippen LogP contribution in [0.25, 0.3) is 0 Å². The molecular formula is C59H104O5. The van der Waals surface area contributed by atoms with Gasteiger partial charge in [0.1, 0.15) is 6.61 Å². The molecule has 0 amide bonds. The summed E-state index contributed by atoms with van der Waals surface area (Å²) in [7, 11) is 0. The fourth-order valence-electron chi connectivity index (χ4n) is 7.65. The zero-order chi connectivity index (χ0) is 46.3. The van der Waals surface area contributed by atoms with E-state index >= 15 is 0 Å². The number of rotatable bonds is 50. The Morgan fingerprint density at radius 2 is 0.703 bits per heavy atom. The van der Waals surface area contributed by atoms with Gasteiger partial charge in [-0.15, -0.1) is 0 Å². The van der Waals surface area contributed by atoms with E-state index in [1.807, 2.05) is 0 Å². The van der Waals surface area contributed by atoms with Gasteiger partial charge in [-0.2, -0.15) is 0 Å². The molecule has 0 aromatic carbocycles. The molecule has 0 saturated heterocycles. The molecule has 0 spiro atoms. The van der Waals surface area contributed by atoms with Crippen molar-refractivity contribution in [2.45, 2.75) is 271 Å². The Balaban J connectivity index is 4.21. The van der Waals surface area contributed by atoms with Crippen molar-refractivity contribution in [1.82, 2.24) is 0 Å². The van der Waals surface area contributed by atoms with Gasteiger partial charge in [0.15, 0.2) is 6.10 Å². The van der Waals surface area contributed by atoms with Gasteiger partial charge in [-0.25, -0.2) is 0 Å². The third-order valence-corrected chi connectivity index (χ3v) is 11.7. The minimum Gasteiger partial charge on any atom is -0.462 e. The Hall–Kier alpha value is -2.66. The topological polar surface area (TPSA) is 61.8 Å². The number of hydrogen-bond acceptors (Lipinski definition) is 5. The summed E-state index contributed by atoms with van der Waals surface area (Å²) in [5, 5.41) is 0. The monoisotopic (exact) mass is 893 g/mol. The maximum atomic E-state index is 12.8. The third kappa shape index (κ3) is 52.0. The van der Waals surface area contributed by atoms with Crippen molar-refractivity contribution in [2.75, 3.05) is 19.8 Å². The molecule has 0 heterocycles. The smallest absolute Gasteiger partial charge is 0.306 e. The lowest BCUT2D eigenvalue weighted by Crippen LogP contribution is -2.30. The molecule has 370 valence electrons. The van der Waals surface area contributed by atoms with Crippen molar-refractivity contribution < 1.29 is 23.8 Å². The zero-order valence-electron chi connectivity index (χ0n) is 42.5. The molecule has 0 aliphatic heterocycles. The second-order valence-electron chi connectivity index (χ2n) is 18.1. The van der Waals surface area contributed by atoms with Gasteiger partial charge in [-0.1, -0.05) is 235 Å². The van der Waals surface area contributed by atoms with Crippen molar-refractivity contribution in [2.24, 2.45) is 0 Å². The Morgan fingerprint density at radius 1 is 0.359 bits per heavy atom. The normalized spacial score (nSPS) is 12.7. The van der Waals surface area contributed by atoms with Crippen LogP contribution in [-0.2, 0) is 23.8 Å². The molecule has 0 aromatic rings. The molecule has 0 N–H and O–H groups in total. The minimum atomic E-state index is -0.550. The van der Waals surface area contributed by atoms with Crippen LogP contribution in [0.15, 0.2) is 72.9 Å². The molecule has 1 unspecified atom stereocenters. The number of allylic oxidation sites excluding steroid dienone is 12. The van der Waals surface area contributed by atoms with E-state index in [1.165, 1.54) is 148 Å². The molecule has 5 heteroatoms. The lowest BCUT2D eigenvalue weighted by atomic mass is 10.1. The largest absolute Gasteiger partial charge is 0.462 e. The second-order valence-corrected chi connectivity index (χ2v) is 18.1. The summed E-state index contributed by atoms with van der Waals surface area (Å²) >= 11 is 0. The van der Waals surface area contributed by atoms with E-state index in [0.29, 0.717) is 19.4 Å². The predicted molar refractivity (Wildman–Crippen MR) is 279 cm³/mol. The first-order valence-corrected chi connectivity index (χ1v) is 27.5. The molecule has 0 bridgehead atoms. The molecule has 0 saturated carbocycles. The van der Waals surface area contributed by atoms with Crippen molar-refractivity contribution in [1.29, 1.82) is 0 Å². The number of carbonyl (C=O) groups excluding carboxylic acids is 2. The van der Waals surface area contributed by atoms with Gasteiger partial charge in [0.05, 0.1) is 6.61 Å². The standard InChI is InChI=1S/C59H104O5/c1-4-7-10-13-16-19-21-23-25-27-29-31-33-35-37-39-42-45-48-51-54-62-55-57(64-59(61)53-50-47-44-40-18-15-12-9-6-3)56-63-58(60)52-49-46-43-41-38-36-34-32-30-28-26-24-22-20-17-14-11-8-5-2/h8,11,17,20,23-26,30,32,36,38,57H,4-7,9-10,12-16,18-19,21-22,27-29,31,33-35,37,39-56H2,1-3H3/b11-8-,20-17-,25-23-,26-24-,32-30-,38-36-. The van der Waals surface area contributed by atoms with Crippen LogP contribution in [0.3, 0.4) is 0 Å². The molecule has 5 nitrogen and oxygen atoms in total. The summed E-state index contributed by atoms with van der Waals surface area (Å²) in [6, 6.07) is 0. The Labute approximate surface area is 397 Å². The highest BCUT2D eigenvalue weighted by Gasteiger charge is 2.17. The van der Waals surface area contributed by atoms with Gasteiger partial charge in [0, 0.05) is 19.4 Å². The van der Waals surface area contributed by atoms with Crippen molar-refractivity contribution in [3.63, 3.8) is 0 Å². The summed E-state index contributed by atoms with van der Waals surface area (Å²) in [6.45, 7) is 7.68. The van der Waals surface area contributed by atoms with Gasteiger partial charge < -0.3 is 14.2 Å². The third-order valence-electron chi connectivity index (χ3n) is 11.7. The van der Waals surface area contributed by atoms with Crippen LogP contribution in [0.1, 0.15) is 265 Å². The highest BCUT2D eigenvalue weighted by Crippen LogP contribution is 2.15. The van der Waals surface area contributed by atoms with Gasteiger partial charge in [0.25, 0.3) is 0 Å². The van der Waals surface area contributed by atoms with Crippen LogP contribution in [0.5, 0.6) is 0 Å². The van der Waals surface area contributed by atoms with E-state index in [0.717, 1.165) is 83.5 Å². The number of hydrogen-bond donors (Lipinski definition) is 0. The van der Waals surface area contributed by atoms with Gasteiger partial charge in [-0.3, -0.25) is 9.59 Å². The molecule has 1 atom stereocenters. The van der Waals surface area contributed by atoms with Gasteiger partial charge in [-0.05, 0) is 89.9 Å². The van der Waals surface area contributed by atoms with E-state index in [1.54, 1.807) is 0 Å². The number of carbonyl (C=O) groups is 2. The van der Waals surface area contributed by atoms with E-state index < -0.39 is 6.10 Å². The predicted octanol–water partition coefficient (Wildman–Crippen LogP) is 18.7. The van der Waals surface area contributed by atoms with Crippen LogP contribution < -0.4 is 0 Å². The lowest BCUT2D eigenvalue weighted by Gasteiger charge is -2.18. The molecule has 0 aliphatic rings. The maximum absolute atomic E-state index is 12.8. The fourth-order valence-corrected chi connectivity index (χ4v) is 7.65. The van der Waals surface area contributed by atoms with Crippen molar-refractivity contribution in [3.8, 4) is 0 Å². The van der Waals surface area contributed by atoms with Crippen LogP contribution in [-0.4, -0.2) is 37.9 Å². The molecule has 0 aromatic heterocycles. The lowest BCUT2D eigenvalue weighted by molar-refractivity contribution is -0.163. The van der Waals surface area contributed by atoms with E-state index in [2.05, 4.69) is 93.7 Å². The maximum Gasteiger partial charge on any atom is 0.306 e. The van der Waals surface area contributed by atoms with Gasteiger partial charge >= 0.3 is 11.9 Å². The van der Waals surface area contributed by atoms with Crippen molar-refractivity contribution >= 4 is 11.9 Å². The van der Waals surface area contributed by atoms with Crippen LogP contribution in [0, 0.1) is 0 Å². The van der Waals surface area contributed by atoms with Crippen LogP contribution in [0.2, 0.25) is 0 Å². The number of ether oxygens (including phenoxy) is 3. The highest BCUT2D eigenvalue weighted by atomic mass is 16.6. The Morgan fingerprint density at radius 3 is 1.16 bits per heavy atom. The molecule has 0 rings (SSSR count). The molecule has 0 radical (unpaired) electrons. The Kier molecular flexibility index (Phi) is 52.4. The SMILES string of the molecule is CC/C=C\C/C=C\C/C=C\C/C=C\C/C=C\CCCCCC(=O)OCC(COCCCCCCCCCCCC/C=C\CCCCCCCC)OC(=O)CCCCCCCCCCC. The summed E-state index contributed by atoms with van der Waals surface area (Å²) in [5.74, 6) is -0.431. The molecule has 64 heavy (non-hydrogen) atoms. The van der Waals surface area contributed by atoms with Gasteiger partial charge in [0.2, 0.25) is 0 Å². The average molecular weight is 893 g/mol.